The summed E-state index contributed by atoms with van der Waals surface area (Å²) < 4.78 is 0. The van der Waals surface area contributed by atoms with Crippen LogP contribution < -0.4 is 10.4 Å². The van der Waals surface area contributed by atoms with E-state index in [0.29, 0.717) is 6.04 Å². The molecule has 0 bridgehead atoms. The Labute approximate surface area is 125 Å². The summed E-state index contributed by atoms with van der Waals surface area (Å²) in [5, 5.41) is 3.05. The van der Waals surface area contributed by atoms with Gasteiger partial charge in [-0.15, -0.1) is 13.2 Å². The molecule has 2 aromatic rings. The Morgan fingerprint density at radius 1 is 1.00 bits per heavy atom. The number of benzene rings is 2. The fourth-order valence-corrected chi connectivity index (χ4v) is 2.72. The summed E-state index contributed by atoms with van der Waals surface area (Å²) in [5.41, 5.74) is 5.79. The summed E-state index contributed by atoms with van der Waals surface area (Å²) in [7, 11) is 0. The molecular formula is C17H19ClN2. The second kappa shape index (κ2) is 7.13. The topological polar surface area (TPSA) is 15.3 Å². The Morgan fingerprint density at radius 2 is 1.65 bits per heavy atom. The predicted molar refractivity (Wildman–Crippen MR) is 87.0 cm³/mol. The Kier molecular flexibility index (Phi) is 5.22. The van der Waals surface area contributed by atoms with Crippen LogP contribution in [-0.2, 0) is 0 Å². The number of nitrogens with zero attached hydrogens (tertiary/aromatic N) is 1. The van der Waals surface area contributed by atoms with Gasteiger partial charge in [-0.2, -0.15) is 0 Å². The first-order chi connectivity index (χ1) is 9.86. The number of anilines is 1. The molecule has 0 radical (unpaired) electrons. The quantitative estimate of drug-likeness (QED) is 0.812. The number of halogens is 1. The van der Waals surface area contributed by atoms with Crippen molar-refractivity contribution in [2.45, 2.75) is 12.5 Å². The lowest BCUT2D eigenvalue weighted by Crippen LogP contribution is -2.32. The number of nitrogens with one attached hydrogen (secondary N) is 1. The van der Waals surface area contributed by atoms with Gasteiger partial charge in [0, 0.05) is 11.6 Å². The van der Waals surface area contributed by atoms with E-state index in [4.69, 9.17) is 11.6 Å². The summed E-state index contributed by atoms with van der Waals surface area (Å²) in [5.74, 6) is 0. The number of para-hydroxylation sites is 1. The second-order valence-corrected chi connectivity index (χ2v) is 4.85. The first-order valence-electron chi connectivity index (χ1n) is 6.68. The van der Waals surface area contributed by atoms with Crippen LogP contribution in [0, 0.1) is 0 Å². The number of hydrogen-bond acceptors (Lipinski definition) is 2. The van der Waals surface area contributed by atoms with E-state index in [2.05, 4.69) is 53.9 Å². The smallest absolute Gasteiger partial charge is 0.0731 e. The first kappa shape index (κ1) is 14.6. The third kappa shape index (κ3) is 3.03. The molecule has 0 amide bonds. The molecule has 1 fully saturated rings. The number of rotatable bonds is 2. The monoisotopic (exact) mass is 286 g/mol. The number of hydrogen-bond donors (Lipinski definition) is 1. The highest BCUT2D eigenvalue weighted by Crippen LogP contribution is 2.34. The molecule has 3 rings (SSSR count). The van der Waals surface area contributed by atoms with Gasteiger partial charge in [0.1, 0.15) is 0 Å². The summed E-state index contributed by atoms with van der Waals surface area (Å²) in [6, 6.07) is 18.8. The van der Waals surface area contributed by atoms with Crippen LogP contribution in [0.4, 0.5) is 5.69 Å². The second-order valence-electron chi connectivity index (χ2n) is 4.44. The van der Waals surface area contributed by atoms with Gasteiger partial charge in [-0.05, 0) is 30.2 Å². The van der Waals surface area contributed by atoms with Crippen molar-refractivity contribution in [1.82, 2.24) is 5.43 Å². The normalized spacial score (nSPS) is 17.4. The third-order valence-electron chi connectivity index (χ3n) is 3.31. The maximum absolute atomic E-state index is 6.30. The van der Waals surface area contributed by atoms with Crippen LogP contribution in [0.3, 0.4) is 0 Å². The molecule has 104 valence electrons. The average molecular weight is 287 g/mol. The molecule has 1 unspecified atom stereocenters. The zero-order valence-corrected chi connectivity index (χ0v) is 12.2. The Balaban J connectivity index is 0.000000704. The van der Waals surface area contributed by atoms with Crippen LogP contribution in [-0.4, -0.2) is 6.54 Å². The van der Waals surface area contributed by atoms with Crippen molar-refractivity contribution in [2.24, 2.45) is 0 Å². The zero-order valence-electron chi connectivity index (χ0n) is 11.4. The lowest BCUT2D eigenvalue weighted by Gasteiger charge is -2.27. The first-order valence-corrected chi connectivity index (χ1v) is 7.06. The van der Waals surface area contributed by atoms with Gasteiger partial charge in [0.2, 0.25) is 0 Å². The molecule has 1 saturated heterocycles. The SMILES string of the molecule is C=C.Clc1ccccc1C1CCNN1c1ccccc1. The van der Waals surface area contributed by atoms with Gasteiger partial charge in [0.15, 0.2) is 0 Å². The summed E-state index contributed by atoms with van der Waals surface area (Å²) >= 11 is 6.30. The molecule has 1 atom stereocenters. The predicted octanol–water partition coefficient (Wildman–Crippen LogP) is 4.60. The molecule has 1 heterocycles. The van der Waals surface area contributed by atoms with E-state index in [9.17, 15) is 0 Å². The van der Waals surface area contributed by atoms with Gasteiger partial charge in [-0.3, -0.25) is 0 Å². The van der Waals surface area contributed by atoms with E-state index in [-0.39, 0.29) is 0 Å². The Hall–Kier alpha value is -1.77. The lowest BCUT2D eigenvalue weighted by atomic mass is 10.0. The van der Waals surface area contributed by atoms with Crippen molar-refractivity contribution < 1.29 is 0 Å². The minimum Gasteiger partial charge on any atom is -0.301 e. The van der Waals surface area contributed by atoms with Crippen LogP contribution in [0.15, 0.2) is 67.8 Å². The highest BCUT2D eigenvalue weighted by Gasteiger charge is 2.27. The summed E-state index contributed by atoms with van der Waals surface area (Å²) in [4.78, 5) is 0. The molecule has 0 spiro atoms. The van der Waals surface area contributed by atoms with Crippen LogP contribution in [0.1, 0.15) is 18.0 Å². The van der Waals surface area contributed by atoms with Gasteiger partial charge < -0.3 is 5.01 Å². The van der Waals surface area contributed by atoms with E-state index >= 15 is 0 Å². The van der Waals surface area contributed by atoms with Crippen LogP contribution in [0.2, 0.25) is 5.02 Å². The molecule has 20 heavy (non-hydrogen) atoms. The molecule has 1 N–H and O–H groups in total. The summed E-state index contributed by atoms with van der Waals surface area (Å²) in [6.07, 6.45) is 1.07. The van der Waals surface area contributed by atoms with Gasteiger partial charge in [0.05, 0.1) is 11.7 Å². The summed E-state index contributed by atoms with van der Waals surface area (Å²) in [6.45, 7) is 6.98. The van der Waals surface area contributed by atoms with Crippen LogP contribution >= 0.6 is 11.6 Å². The molecular weight excluding hydrogens is 268 g/mol. The van der Waals surface area contributed by atoms with Crippen molar-refractivity contribution >= 4 is 17.3 Å². The molecule has 0 saturated carbocycles. The maximum Gasteiger partial charge on any atom is 0.0731 e. The fourth-order valence-electron chi connectivity index (χ4n) is 2.46. The minimum atomic E-state index is 0.307. The molecule has 2 aromatic carbocycles. The molecule has 3 heteroatoms. The van der Waals surface area contributed by atoms with E-state index in [1.165, 1.54) is 11.3 Å². The Bertz CT molecular complexity index is 542. The van der Waals surface area contributed by atoms with Gasteiger partial charge >= 0.3 is 0 Å². The lowest BCUT2D eigenvalue weighted by molar-refractivity contribution is 0.684. The van der Waals surface area contributed by atoms with E-state index in [1.807, 2.05) is 24.3 Å². The van der Waals surface area contributed by atoms with Crippen molar-refractivity contribution in [2.75, 3.05) is 11.6 Å². The molecule has 0 aromatic heterocycles. The highest BCUT2D eigenvalue weighted by molar-refractivity contribution is 6.31. The molecule has 1 aliphatic heterocycles. The van der Waals surface area contributed by atoms with Crippen LogP contribution in [0.25, 0.3) is 0 Å². The maximum atomic E-state index is 6.30. The average Bonchev–Trinajstić information content (AvgIpc) is 3.00. The zero-order chi connectivity index (χ0) is 14.4. The van der Waals surface area contributed by atoms with Crippen molar-refractivity contribution in [3.63, 3.8) is 0 Å². The van der Waals surface area contributed by atoms with Crippen molar-refractivity contribution in [1.29, 1.82) is 0 Å². The molecule has 2 nitrogen and oxygen atoms in total. The van der Waals surface area contributed by atoms with Gasteiger partial charge in [-0.25, -0.2) is 5.43 Å². The van der Waals surface area contributed by atoms with E-state index in [1.54, 1.807) is 0 Å². The Morgan fingerprint density at radius 3 is 2.35 bits per heavy atom. The number of hydrazine groups is 1. The molecule has 1 aliphatic rings. The standard InChI is InChI=1S/C15H15ClN2.C2H4/c16-14-9-5-4-8-13(14)15-10-11-17-18(15)12-6-2-1-3-7-12;1-2/h1-9,15,17H,10-11H2;1-2H2. The van der Waals surface area contributed by atoms with Crippen LogP contribution in [0.5, 0.6) is 0 Å². The van der Waals surface area contributed by atoms with Crippen molar-refractivity contribution in [3.05, 3.63) is 78.3 Å². The molecule has 0 aliphatic carbocycles. The highest BCUT2D eigenvalue weighted by atomic mass is 35.5. The van der Waals surface area contributed by atoms with Gasteiger partial charge in [-0.1, -0.05) is 48.0 Å². The fraction of sp³-hybridized carbons (Fsp3) is 0.176. The third-order valence-corrected chi connectivity index (χ3v) is 3.65. The van der Waals surface area contributed by atoms with Gasteiger partial charge in [0.25, 0.3) is 0 Å². The largest absolute Gasteiger partial charge is 0.301 e. The van der Waals surface area contributed by atoms with Crippen molar-refractivity contribution in [3.8, 4) is 0 Å². The minimum absolute atomic E-state index is 0.307. The van der Waals surface area contributed by atoms with E-state index < -0.39 is 0 Å². The van der Waals surface area contributed by atoms with E-state index in [0.717, 1.165) is 18.0 Å².